The van der Waals surface area contributed by atoms with Gasteiger partial charge in [-0.05, 0) is 17.7 Å². The fraction of sp³-hybridized carbons (Fsp3) is 0.200. The maximum atomic E-state index is 9.37. The molecule has 0 aliphatic carbocycles. The maximum absolute atomic E-state index is 9.37. The normalized spacial score (nSPS) is 12.2. The summed E-state index contributed by atoms with van der Waals surface area (Å²) in [5, 5.41) is 10.4. The molecule has 0 spiro atoms. The molecule has 0 unspecified atom stereocenters. The van der Waals surface area contributed by atoms with Crippen LogP contribution < -0.4 is 4.74 Å². The van der Waals surface area contributed by atoms with Gasteiger partial charge in [0.25, 0.3) is 0 Å². The van der Waals surface area contributed by atoms with E-state index in [-0.39, 0.29) is 12.5 Å². The fourth-order valence-electron chi connectivity index (χ4n) is 1.75. The van der Waals surface area contributed by atoms with Crippen molar-refractivity contribution in [2.75, 3.05) is 12.5 Å². The van der Waals surface area contributed by atoms with Gasteiger partial charge in [-0.1, -0.05) is 53.5 Å². The number of aliphatic hydroxyl groups is 1. The smallest absolute Gasteiger partial charge is 0.122 e. The number of hydrogen-bond donors (Lipinski definition) is 1. The van der Waals surface area contributed by atoms with Gasteiger partial charge in [0.05, 0.1) is 15.9 Å². The summed E-state index contributed by atoms with van der Waals surface area (Å²) in [5.74, 6) is 0.618. The SMILES string of the molecule is O[C@@H](CCl)COc1cc(Cl)c(-c2ccccc2)c(Cl)c1. The lowest BCUT2D eigenvalue weighted by atomic mass is 10.1. The molecule has 0 aromatic heterocycles. The number of alkyl halides is 1. The molecule has 0 amide bonds. The molecule has 106 valence electrons. The highest BCUT2D eigenvalue weighted by Gasteiger charge is 2.12. The van der Waals surface area contributed by atoms with Gasteiger partial charge in [0.15, 0.2) is 0 Å². The molecule has 0 heterocycles. The molecule has 0 aliphatic heterocycles. The monoisotopic (exact) mass is 330 g/mol. The average Bonchev–Trinajstić information content (AvgIpc) is 2.45. The van der Waals surface area contributed by atoms with Gasteiger partial charge in [-0.25, -0.2) is 0 Å². The van der Waals surface area contributed by atoms with Crippen LogP contribution in [0.15, 0.2) is 42.5 Å². The predicted molar refractivity (Wildman–Crippen MR) is 84.1 cm³/mol. The van der Waals surface area contributed by atoms with Crippen molar-refractivity contribution in [1.82, 2.24) is 0 Å². The molecule has 0 aliphatic rings. The van der Waals surface area contributed by atoms with Crippen molar-refractivity contribution in [2.24, 2.45) is 0 Å². The maximum Gasteiger partial charge on any atom is 0.122 e. The molecule has 2 nitrogen and oxygen atoms in total. The number of aliphatic hydroxyl groups excluding tert-OH is 1. The van der Waals surface area contributed by atoms with Crippen LogP contribution in [0, 0.1) is 0 Å². The van der Waals surface area contributed by atoms with E-state index in [4.69, 9.17) is 39.5 Å². The summed E-state index contributed by atoms with van der Waals surface area (Å²) in [6.07, 6.45) is -0.719. The molecule has 0 saturated carbocycles. The van der Waals surface area contributed by atoms with E-state index in [1.165, 1.54) is 0 Å². The third-order valence-electron chi connectivity index (χ3n) is 2.70. The first-order valence-corrected chi connectivity index (χ1v) is 7.32. The van der Waals surface area contributed by atoms with Crippen LogP contribution in [0.25, 0.3) is 11.1 Å². The minimum Gasteiger partial charge on any atom is -0.491 e. The Labute approximate surface area is 132 Å². The Morgan fingerprint density at radius 1 is 1.05 bits per heavy atom. The van der Waals surface area contributed by atoms with Gasteiger partial charge in [0.1, 0.15) is 18.5 Å². The van der Waals surface area contributed by atoms with E-state index < -0.39 is 6.10 Å². The molecule has 0 fully saturated rings. The Hall–Kier alpha value is -0.930. The first kappa shape index (κ1) is 15.5. The van der Waals surface area contributed by atoms with E-state index in [2.05, 4.69) is 0 Å². The second-order valence-electron chi connectivity index (χ2n) is 4.25. The third-order valence-corrected chi connectivity index (χ3v) is 3.65. The van der Waals surface area contributed by atoms with Crippen LogP contribution in [-0.2, 0) is 0 Å². The Balaban J connectivity index is 2.25. The van der Waals surface area contributed by atoms with Gasteiger partial charge < -0.3 is 9.84 Å². The molecular weight excluding hydrogens is 319 g/mol. The minimum atomic E-state index is -0.719. The zero-order valence-corrected chi connectivity index (χ0v) is 12.8. The second-order valence-corrected chi connectivity index (χ2v) is 5.37. The van der Waals surface area contributed by atoms with Crippen LogP contribution in [-0.4, -0.2) is 23.7 Å². The summed E-state index contributed by atoms with van der Waals surface area (Å²) in [6.45, 7) is 0.0981. The van der Waals surface area contributed by atoms with E-state index in [0.717, 1.165) is 11.1 Å². The molecule has 5 heteroatoms. The minimum absolute atomic E-state index is 0.0981. The van der Waals surface area contributed by atoms with Crippen molar-refractivity contribution in [1.29, 1.82) is 0 Å². The molecule has 1 N–H and O–H groups in total. The lowest BCUT2D eigenvalue weighted by Crippen LogP contribution is -2.18. The van der Waals surface area contributed by atoms with Crippen molar-refractivity contribution in [3.05, 3.63) is 52.5 Å². The summed E-state index contributed by atoms with van der Waals surface area (Å²) in [6, 6.07) is 13.0. The Morgan fingerprint density at radius 2 is 1.65 bits per heavy atom. The van der Waals surface area contributed by atoms with Gasteiger partial charge in [0, 0.05) is 5.56 Å². The average molecular weight is 332 g/mol. The Bertz CT molecular complexity index is 550. The van der Waals surface area contributed by atoms with Gasteiger partial charge >= 0.3 is 0 Å². The second kappa shape index (κ2) is 7.19. The van der Waals surface area contributed by atoms with Crippen LogP contribution in [0.4, 0.5) is 0 Å². The quantitative estimate of drug-likeness (QED) is 0.809. The largest absolute Gasteiger partial charge is 0.491 e. The summed E-state index contributed by atoms with van der Waals surface area (Å²) < 4.78 is 5.41. The van der Waals surface area contributed by atoms with Crippen LogP contribution in [0.5, 0.6) is 5.75 Å². The summed E-state index contributed by atoms with van der Waals surface area (Å²) in [5.41, 5.74) is 1.70. The standard InChI is InChI=1S/C15H13Cl3O2/c16-8-11(19)9-20-12-6-13(17)15(14(18)7-12)10-4-2-1-3-5-10/h1-7,11,19H,8-9H2/t11-/m0/s1. The molecule has 20 heavy (non-hydrogen) atoms. The topological polar surface area (TPSA) is 29.5 Å². The van der Waals surface area contributed by atoms with E-state index in [1.54, 1.807) is 12.1 Å². The first-order valence-electron chi connectivity index (χ1n) is 6.03. The van der Waals surface area contributed by atoms with E-state index in [1.807, 2.05) is 30.3 Å². The van der Waals surface area contributed by atoms with Crippen molar-refractivity contribution < 1.29 is 9.84 Å². The molecule has 0 radical (unpaired) electrons. The van der Waals surface area contributed by atoms with Crippen LogP contribution in [0.2, 0.25) is 10.0 Å². The predicted octanol–water partition coefficient (Wildman–Crippen LogP) is 4.64. The molecular formula is C15H13Cl3O2. The van der Waals surface area contributed by atoms with Gasteiger partial charge in [-0.3, -0.25) is 0 Å². The first-order chi connectivity index (χ1) is 9.61. The highest BCUT2D eigenvalue weighted by molar-refractivity contribution is 6.39. The third kappa shape index (κ3) is 3.80. The number of ether oxygens (including phenoxy) is 1. The number of hydrogen-bond acceptors (Lipinski definition) is 2. The van der Waals surface area contributed by atoms with Crippen LogP contribution in [0.3, 0.4) is 0 Å². The molecule has 0 saturated heterocycles. The zero-order valence-electron chi connectivity index (χ0n) is 10.5. The summed E-state index contributed by atoms with van der Waals surface area (Å²) in [4.78, 5) is 0. The Kier molecular flexibility index (Phi) is 5.55. The molecule has 2 rings (SSSR count). The van der Waals surface area contributed by atoms with Crippen molar-refractivity contribution in [3.8, 4) is 16.9 Å². The molecule has 2 aromatic rings. The van der Waals surface area contributed by atoms with Gasteiger partial charge in [-0.15, -0.1) is 11.6 Å². The van der Waals surface area contributed by atoms with E-state index in [9.17, 15) is 5.11 Å². The van der Waals surface area contributed by atoms with Crippen molar-refractivity contribution >= 4 is 34.8 Å². The summed E-state index contributed by atoms with van der Waals surface area (Å²) >= 11 is 18.0. The van der Waals surface area contributed by atoms with E-state index >= 15 is 0 Å². The Morgan fingerprint density at radius 3 is 2.20 bits per heavy atom. The highest BCUT2D eigenvalue weighted by Crippen LogP contribution is 2.37. The van der Waals surface area contributed by atoms with Crippen LogP contribution >= 0.6 is 34.8 Å². The highest BCUT2D eigenvalue weighted by atomic mass is 35.5. The molecule has 2 aromatic carbocycles. The van der Waals surface area contributed by atoms with Crippen molar-refractivity contribution in [2.45, 2.75) is 6.10 Å². The van der Waals surface area contributed by atoms with Crippen molar-refractivity contribution in [3.63, 3.8) is 0 Å². The fourth-order valence-corrected chi connectivity index (χ4v) is 2.53. The summed E-state index contributed by atoms with van der Waals surface area (Å²) in [7, 11) is 0. The zero-order chi connectivity index (χ0) is 14.5. The lowest BCUT2D eigenvalue weighted by molar-refractivity contribution is 0.125. The molecule has 1 atom stereocenters. The number of rotatable bonds is 5. The molecule has 0 bridgehead atoms. The number of benzene rings is 2. The van der Waals surface area contributed by atoms with Crippen LogP contribution in [0.1, 0.15) is 0 Å². The van der Waals surface area contributed by atoms with E-state index in [0.29, 0.717) is 15.8 Å². The number of halogens is 3. The van der Waals surface area contributed by atoms with Gasteiger partial charge in [0.2, 0.25) is 0 Å². The lowest BCUT2D eigenvalue weighted by Gasteiger charge is -2.13. The van der Waals surface area contributed by atoms with Gasteiger partial charge in [-0.2, -0.15) is 0 Å².